The Morgan fingerprint density at radius 2 is 1.88 bits per heavy atom. The van der Waals surface area contributed by atoms with E-state index < -0.39 is 0 Å². The van der Waals surface area contributed by atoms with Gasteiger partial charge in [-0.2, -0.15) is 0 Å². The molecule has 0 unspecified atom stereocenters. The van der Waals surface area contributed by atoms with Crippen LogP contribution in [0.5, 0.6) is 5.75 Å². The highest BCUT2D eigenvalue weighted by Crippen LogP contribution is 2.20. The zero-order chi connectivity index (χ0) is 18.9. The first-order valence-electron chi connectivity index (χ1n) is 9.07. The Balaban J connectivity index is 1.84. The molecule has 26 heavy (non-hydrogen) atoms. The molecular formula is C19H29N3O4. The zero-order valence-corrected chi connectivity index (χ0v) is 15.9. The number of carbonyl (C=O) groups excluding carboxylic acids is 2. The third-order valence-electron chi connectivity index (χ3n) is 4.06. The number of benzene rings is 1. The van der Waals surface area contributed by atoms with Gasteiger partial charge >= 0.3 is 0 Å². The van der Waals surface area contributed by atoms with Gasteiger partial charge in [0.15, 0.2) is 0 Å². The van der Waals surface area contributed by atoms with Crippen molar-refractivity contribution in [2.45, 2.75) is 26.9 Å². The van der Waals surface area contributed by atoms with Gasteiger partial charge in [0.2, 0.25) is 11.8 Å². The fraction of sp³-hybridized carbons (Fsp3) is 0.579. The van der Waals surface area contributed by atoms with E-state index in [9.17, 15) is 9.59 Å². The van der Waals surface area contributed by atoms with Crippen molar-refractivity contribution in [2.75, 3.05) is 50.8 Å². The summed E-state index contributed by atoms with van der Waals surface area (Å²) in [6, 6.07) is 7.20. The Labute approximate surface area is 155 Å². The van der Waals surface area contributed by atoms with Crippen molar-refractivity contribution < 1.29 is 19.1 Å². The predicted molar refractivity (Wildman–Crippen MR) is 101 cm³/mol. The summed E-state index contributed by atoms with van der Waals surface area (Å²) in [5.41, 5.74) is 0.678. The molecule has 0 radical (unpaired) electrons. The number of anilines is 1. The standard InChI is InChI=1S/C19H29N3O4/c1-15(2)26-18-6-4-17(5-7-18)22(16(3)23)14-19(24)20-8-9-21-10-12-25-13-11-21/h4-7,15H,8-14H2,1-3H3,(H,20,24). The number of hydrogen-bond donors (Lipinski definition) is 1. The van der Waals surface area contributed by atoms with Crippen molar-refractivity contribution >= 4 is 17.5 Å². The van der Waals surface area contributed by atoms with Gasteiger partial charge in [-0.3, -0.25) is 14.5 Å². The summed E-state index contributed by atoms with van der Waals surface area (Å²) in [5.74, 6) is 0.393. The van der Waals surface area contributed by atoms with Crippen LogP contribution >= 0.6 is 0 Å². The number of rotatable bonds is 8. The van der Waals surface area contributed by atoms with E-state index in [4.69, 9.17) is 9.47 Å². The van der Waals surface area contributed by atoms with Crippen LogP contribution in [-0.2, 0) is 14.3 Å². The molecule has 2 rings (SSSR count). The van der Waals surface area contributed by atoms with Crippen LogP contribution in [-0.4, -0.2) is 68.8 Å². The fourth-order valence-corrected chi connectivity index (χ4v) is 2.74. The van der Waals surface area contributed by atoms with E-state index in [1.807, 2.05) is 26.0 Å². The average Bonchev–Trinajstić information content (AvgIpc) is 2.61. The van der Waals surface area contributed by atoms with Crippen molar-refractivity contribution in [3.05, 3.63) is 24.3 Å². The van der Waals surface area contributed by atoms with Gasteiger partial charge in [0, 0.05) is 38.8 Å². The highest BCUT2D eigenvalue weighted by atomic mass is 16.5. The van der Waals surface area contributed by atoms with E-state index in [-0.39, 0.29) is 24.5 Å². The first-order chi connectivity index (χ1) is 12.5. The van der Waals surface area contributed by atoms with Gasteiger partial charge in [-0.25, -0.2) is 0 Å². The molecule has 0 bridgehead atoms. The summed E-state index contributed by atoms with van der Waals surface area (Å²) in [4.78, 5) is 27.9. The summed E-state index contributed by atoms with van der Waals surface area (Å²) in [5, 5.41) is 2.88. The molecule has 0 saturated carbocycles. The summed E-state index contributed by atoms with van der Waals surface area (Å²) < 4.78 is 10.9. The Morgan fingerprint density at radius 3 is 2.46 bits per heavy atom. The highest BCUT2D eigenvalue weighted by Gasteiger charge is 2.16. The maximum atomic E-state index is 12.2. The molecule has 1 aliphatic heterocycles. The maximum absolute atomic E-state index is 12.2. The molecule has 7 nitrogen and oxygen atoms in total. The van der Waals surface area contributed by atoms with Crippen molar-refractivity contribution in [1.29, 1.82) is 0 Å². The Morgan fingerprint density at radius 1 is 1.23 bits per heavy atom. The Hall–Kier alpha value is -2.12. The molecule has 1 aromatic rings. The van der Waals surface area contributed by atoms with E-state index in [0.29, 0.717) is 12.2 Å². The molecule has 0 aromatic heterocycles. The lowest BCUT2D eigenvalue weighted by atomic mass is 10.2. The van der Waals surface area contributed by atoms with Crippen molar-refractivity contribution in [1.82, 2.24) is 10.2 Å². The normalized spacial score (nSPS) is 14.9. The van der Waals surface area contributed by atoms with Crippen LogP contribution in [0.2, 0.25) is 0 Å². The zero-order valence-electron chi connectivity index (χ0n) is 15.9. The molecule has 1 heterocycles. The second kappa shape index (κ2) is 10.1. The van der Waals surface area contributed by atoms with Gasteiger partial charge in [0.25, 0.3) is 0 Å². The van der Waals surface area contributed by atoms with Crippen molar-refractivity contribution in [2.24, 2.45) is 0 Å². The van der Waals surface area contributed by atoms with Gasteiger partial charge in [-0.15, -0.1) is 0 Å². The van der Waals surface area contributed by atoms with Crippen LogP contribution < -0.4 is 15.0 Å². The number of morpholine rings is 1. The molecular weight excluding hydrogens is 334 g/mol. The largest absolute Gasteiger partial charge is 0.491 e. The van der Waals surface area contributed by atoms with Crippen LogP contribution in [0.3, 0.4) is 0 Å². The molecule has 0 spiro atoms. The van der Waals surface area contributed by atoms with Crippen molar-refractivity contribution in [3.63, 3.8) is 0 Å². The van der Waals surface area contributed by atoms with Gasteiger partial charge in [-0.1, -0.05) is 0 Å². The van der Waals surface area contributed by atoms with Crippen LogP contribution in [0.25, 0.3) is 0 Å². The summed E-state index contributed by atoms with van der Waals surface area (Å²) in [6.45, 7) is 9.98. The SMILES string of the molecule is CC(=O)N(CC(=O)NCCN1CCOCC1)c1ccc(OC(C)C)cc1. The maximum Gasteiger partial charge on any atom is 0.240 e. The Kier molecular flexibility index (Phi) is 7.87. The molecule has 1 saturated heterocycles. The highest BCUT2D eigenvalue weighted by molar-refractivity contribution is 5.97. The molecule has 7 heteroatoms. The second-order valence-corrected chi connectivity index (χ2v) is 6.57. The van der Waals surface area contributed by atoms with E-state index >= 15 is 0 Å². The number of ether oxygens (including phenoxy) is 2. The molecule has 2 amide bonds. The summed E-state index contributed by atoms with van der Waals surface area (Å²) in [7, 11) is 0. The first kappa shape index (κ1) is 20.2. The lowest BCUT2D eigenvalue weighted by Gasteiger charge is -2.26. The molecule has 1 N–H and O–H groups in total. The van der Waals surface area contributed by atoms with Crippen LogP contribution in [0, 0.1) is 0 Å². The molecule has 0 atom stereocenters. The lowest BCUT2D eigenvalue weighted by molar-refractivity contribution is -0.123. The van der Waals surface area contributed by atoms with E-state index in [1.165, 1.54) is 11.8 Å². The molecule has 1 fully saturated rings. The van der Waals surface area contributed by atoms with Gasteiger partial charge in [0.05, 0.1) is 19.3 Å². The third kappa shape index (κ3) is 6.65. The molecule has 1 aliphatic rings. The van der Waals surface area contributed by atoms with Crippen LogP contribution in [0.4, 0.5) is 5.69 Å². The predicted octanol–water partition coefficient (Wildman–Crippen LogP) is 1.28. The fourth-order valence-electron chi connectivity index (χ4n) is 2.74. The number of carbonyl (C=O) groups is 2. The second-order valence-electron chi connectivity index (χ2n) is 6.57. The Bertz CT molecular complexity index is 583. The minimum Gasteiger partial charge on any atom is -0.491 e. The average molecular weight is 363 g/mol. The molecule has 0 aliphatic carbocycles. The van der Waals surface area contributed by atoms with E-state index in [0.717, 1.165) is 38.6 Å². The number of nitrogens with one attached hydrogen (secondary N) is 1. The smallest absolute Gasteiger partial charge is 0.240 e. The summed E-state index contributed by atoms with van der Waals surface area (Å²) in [6.07, 6.45) is 0.0852. The van der Waals surface area contributed by atoms with Gasteiger partial charge in [-0.05, 0) is 38.1 Å². The number of hydrogen-bond acceptors (Lipinski definition) is 5. The van der Waals surface area contributed by atoms with Crippen LogP contribution in [0.1, 0.15) is 20.8 Å². The van der Waals surface area contributed by atoms with E-state index in [1.54, 1.807) is 12.1 Å². The van der Waals surface area contributed by atoms with Gasteiger partial charge < -0.3 is 19.7 Å². The number of nitrogens with zero attached hydrogens (tertiary/aromatic N) is 2. The molecule has 144 valence electrons. The lowest BCUT2D eigenvalue weighted by Crippen LogP contribution is -2.44. The first-order valence-corrected chi connectivity index (χ1v) is 9.07. The monoisotopic (exact) mass is 363 g/mol. The third-order valence-corrected chi connectivity index (χ3v) is 4.06. The topological polar surface area (TPSA) is 71.1 Å². The van der Waals surface area contributed by atoms with Crippen molar-refractivity contribution in [3.8, 4) is 5.75 Å². The minimum atomic E-state index is -0.175. The van der Waals surface area contributed by atoms with E-state index in [2.05, 4.69) is 10.2 Å². The van der Waals surface area contributed by atoms with Gasteiger partial charge in [0.1, 0.15) is 12.3 Å². The molecule has 1 aromatic carbocycles. The summed E-state index contributed by atoms with van der Waals surface area (Å²) >= 11 is 0. The van der Waals surface area contributed by atoms with Crippen LogP contribution in [0.15, 0.2) is 24.3 Å². The number of amides is 2. The minimum absolute atomic E-state index is 0.00281. The quantitative estimate of drug-likeness (QED) is 0.753.